The summed E-state index contributed by atoms with van der Waals surface area (Å²) in [6, 6.07) is 21.1. The van der Waals surface area contributed by atoms with E-state index in [-0.39, 0.29) is 11.7 Å². The topological polar surface area (TPSA) is 101 Å². The molecule has 1 aromatic heterocycles. The zero-order valence-electron chi connectivity index (χ0n) is 21.0. The van der Waals surface area contributed by atoms with Gasteiger partial charge in [0.2, 0.25) is 0 Å². The number of ether oxygens (including phenoxy) is 2. The molecule has 4 aromatic rings. The molecule has 8 nitrogen and oxygen atoms in total. The first-order valence-corrected chi connectivity index (χ1v) is 12.9. The summed E-state index contributed by atoms with van der Waals surface area (Å²) in [5, 5.41) is 18.8. The molecule has 3 aromatic carbocycles. The molecule has 8 heteroatoms. The van der Waals surface area contributed by atoms with Crippen LogP contribution in [0.2, 0.25) is 0 Å². The minimum Gasteiger partial charge on any atom is -0.489 e. The summed E-state index contributed by atoms with van der Waals surface area (Å²) in [5.74, 6) is 0.763. The number of aromatic nitrogens is 2. The molecule has 3 heterocycles. The normalized spacial score (nSPS) is 17.0. The van der Waals surface area contributed by atoms with Crippen molar-refractivity contribution in [3.63, 3.8) is 0 Å². The monoisotopic (exact) mass is 508 g/mol. The molecule has 0 bridgehead atoms. The van der Waals surface area contributed by atoms with E-state index in [9.17, 15) is 15.2 Å². The molecule has 38 heavy (non-hydrogen) atoms. The van der Waals surface area contributed by atoms with Gasteiger partial charge >= 0.3 is 5.97 Å². The van der Waals surface area contributed by atoms with Crippen LogP contribution in [-0.2, 0) is 37.4 Å². The fraction of sp³-hybridized carbons (Fsp3) is 0.300. The molecule has 2 aliphatic heterocycles. The van der Waals surface area contributed by atoms with Crippen LogP contribution in [0.15, 0.2) is 60.7 Å². The van der Waals surface area contributed by atoms with E-state index >= 15 is 0 Å². The largest absolute Gasteiger partial charge is 0.489 e. The summed E-state index contributed by atoms with van der Waals surface area (Å²) in [6.45, 7) is 4.11. The van der Waals surface area contributed by atoms with Crippen molar-refractivity contribution in [2.45, 2.75) is 45.2 Å². The molecule has 1 saturated heterocycles. The van der Waals surface area contributed by atoms with E-state index in [1.807, 2.05) is 24.3 Å². The predicted octanol–water partition coefficient (Wildman–Crippen LogP) is 4.53. The number of fused-ring (bicyclic) bond motifs is 2. The van der Waals surface area contributed by atoms with Crippen LogP contribution in [0.25, 0.3) is 11.0 Å². The number of hydrogen-bond donors (Lipinski definition) is 1. The van der Waals surface area contributed by atoms with Gasteiger partial charge in [-0.25, -0.2) is 9.78 Å². The van der Waals surface area contributed by atoms with Gasteiger partial charge in [-0.05, 0) is 60.4 Å². The number of carboxylic acids is 1. The van der Waals surface area contributed by atoms with Crippen molar-refractivity contribution < 1.29 is 19.4 Å². The molecule has 192 valence electrons. The third-order valence-electron chi connectivity index (χ3n) is 7.42. The number of imidazole rings is 1. The van der Waals surface area contributed by atoms with Crippen molar-refractivity contribution in [2.75, 3.05) is 13.2 Å². The van der Waals surface area contributed by atoms with Crippen LogP contribution < -0.4 is 4.74 Å². The number of nitriles is 1. The van der Waals surface area contributed by atoms with Crippen molar-refractivity contribution in [2.24, 2.45) is 0 Å². The van der Waals surface area contributed by atoms with Crippen molar-refractivity contribution in [1.29, 1.82) is 5.26 Å². The van der Waals surface area contributed by atoms with Gasteiger partial charge in [-0.15, -0.1) is 0 Å². The van der Waals surface area contributed by atoms with E-state index in [1.165, 1.54) is 11.1 Å². The fourth-order valence-corrected chi connectivity index (χ4v) is 5.20. The molecule has 0 unspecified atom stereocenters. The van der Waals surface area contributed by atoms with Crippen LogP contribution in [-0.4, -0.2) is 44.8 Å². The van der Waals surface area contributed by atoms with Crippen molar-refractivity contribution >= 4 is 17.0 Å². The van der Waals surface area contributed by atoms with Gasteiger partial charge in [-0.2, -0.15) is 5.26 Å². The quantitative estimate of drug-likeness (QED) is 0.373. The molecule has 0 saturated carbocycles. The SMILES string of the molecule is N#Cc1ccccc1COc1ccc2c(c1)CN(Cc1nc3ccc(C(=O)O)cc3n1C[C@@H]1CCO1)CC2. The first-order valence-electron chi connectivity index (χ1n) is 12.9. The van der Waals surface area contributed by atoms with Crippen LogP contribution >= 0.6 is 0 Å². The Labute approximate surface area is 220 Å². The second kappa shape index (κ2) is 10.3. The van der Waals surface area contributed by atoms with Crippen LogP contribution in [0.4, 0.5) is 0 Å². The first-order chi connectivity index (χ1) is 18.6. The van der Waals surface area contributed by atoms with E-state index in [0.717, 1.165) is 60.7 Å². The maximum Gasteiger partial charge on any atom is 0.335 e. The molecule has 6 rings (SSSR count). The highest BCUT2D eigenvalue weighted by atomic mass is 16.5. The number of nitrogens with zero attached hydrogens (tertiary/aromatic N) is 4. The van der Waals surface area contributed by atoms with Crippen molar-refractivity contribution in [3.05, 3.63) is 94.3 Å². The summed E-state index contributed by atoms with van der Waals surface area (Å²) in [6.07, 6.45) is 2.06. The van der Waals surface area contributed by atoms with Gasteiger partial charge in [0, 0.05) is 25.3 Å². The summed E-state index contributed by atoms with van der Waals surface area (Å²) >= 11 is 0. The van der Waals surface area contributed by atoms with Gasteiger partial charge in [0.1, 0.15) is 18.2 Å². The predicted molar refractivity (Wildman–Crippen MR) is 141 cm³/mol. The fourth-order valence-electron chi connectivity index (χ4n) is 5.20. The molecular weight excluding hydrogens is 480 g/mol. The lowest BCUT2D eigenvalue weighted by molar-refractivity contribution is -0.0592. The number of carboxylic acid groups (broad SMARTS) is 1. The van der Waals surface area contributed by atoms with Gasteiger partial charge in [0.15, 0.2) is 0 Å². The van der Waals surface area contributed by atoms with Crippen LogP contribution in [0, 0.1) is 11.3 Å². The standard InChI is InChI=1S/C30H28N4O4/c31-15-22-3-1-2-4-23(22)19-38-25-7-5-20-9-11-33(16-24(20)13-25)18-29-32-27-8-6-21(30(35)36)14-28(27)34(29)17-26-10-12-37-26/h1-8,13-14,26H,9-12,16-19H2,(H,35,36)/t26-/m0/s1. The zero-order chi connectivity index (χ0) is 26.1. The van der Waals surface area contributed by atoms with E-state index < -0.39 is 5.97 Å². The Morgan fingerprint density at radius 2 is 2.03 bits per heavy atom. The Bertz CT molecular complexity index is 1550. The minimum atomic E-state index is -0.942. The average Bonchev–Trinajstić information content (AvgIpc) is 3.25. The maximum atomic E-state index is 11.6. The lowest BCUT2D eigenvalue weighted by Crippen LogP contribution is -2.34. The molecule has 1 atom stereocenters. The Balaban J connectivity index is 1.21. The molecule has 0 radical (unpaired) electrons. The molecule has 0 spiro atoms. The highest BCUT2D eigenvalue weighted by Crippen LogP contribution is 2.28. The van der Waals surface area contributed by atoms with E-state index in [1.54, 1.807) is 24.3 Å². The summed E-state index contributed by atoms with van der Waals surface area (Å²) in [5.41, 5.74) is 5.93. The number of aromatic carboxylic acids is 1. The molecule has 2 aliphatic rings. The molecule has 0 amide bonds. The minimum absolute atomic E-state index is 0.132. The molecule has 1 fully saturated rings. The number of benzene rings is 3. The highest BCUT2D eigenvalue weighted by Gasteiger charge is 2.24. The average molecular weight is 509 g/mol. The molecule has 1 N–H and O–H groups in total. The Morgan fingerprint density at radius 1 is 1.16 bits per heavy atom. The number of carbonyl (C=O) groups is 1. The van der Waals surface area contributed by atoms with Crippen LogP contribution in [0.5, 0.6) is 5.75 Å². The third kappa shape index (κ3) is 4.86. The van der Waals surface area contributed by atoms with Crippen molar-refractivity contribution in [3.8, 4) is 11.8 Å². The summed E-state index contributed by atoms with van der Waals surface area (Å²) in [7, 11) is 0. The summed E-state index contributed by atoms with van der Waals surface area (Å²) < 4.78 is 13.9. The Kier molecular flexibility index (Phi) is 6.54. The van der Waals surface area contributed by atoms with Crippen LogP contribution in [0.3, 0.4) is 0 Å². The van der Waals surface area contributed by atoms with E-state index in [2.05, 4.69) is 27.7 Å². The lowest BCUT2D eigenvalue weighted by atomic mass is 9.99. The highest BCUT2D eigenvalue weighted by molar-refractivity contribution is 5.92. The second-order valence-electron chi connectivity index (χ2n) is 9.88. The Morgan fingerprint density at radius 3 is 2.82 bits per heavy atom. The third-order valence-corrected chi connectivity index (χ3v) is 7.42. The van der Waals surface area contributed by atoms with Gasteiger partial charge in [-0.3, -0.25) is 4.90 Å². The maximum absolute atomic E-state index is 11.6. The molecule has 0 aliphatic carbocycles. The van der Waals surface area contributed by atoms with E-state index in [4.69, 9.17) is 14.5 Å². The van der Waals surface area contributed by atoms with Crippen LogP contribution in [0.1, 0.15) is 44.9 Å². The Hall–Kier alpha value is -4.19. The zero-order valence-corrected chi connectivity index (χ0v) is 21.0. The van der Waals surface area contributed by atoms with Crippen molar-refractivity contribution in [1.82, 2.24) is 14.5 Å². The van der Waals surface area contributed by atoms with Gasteiger partial charge in [0.25, 0.3) is 0 Å². The number of hydrogen-bond acceptors (Lipinski definition) is 6. The van der Waals surface area contributed by atoms with Gasteiger partial charge in [-0.1, -0.05) is 24.3 Å². The van der Waals surface area contributed by atoms with Gasteiger partial charge < -0.3 is 19.1 Å². The lowest BCUT2D eigenvalue weighted by Gasteiger charge is -2.30. The number of rotatable bonds is 8. The second-order valence-corrected chi connectivity index (χ2v) is 9.88. The summed E-state index contributed by atoms with van der Waals surface area (Å²) in [4.78, 5) is 18.8. The molecular formula is C30H28N4O4. The first kappa shape index (κ1) is 24.2. The van der Waals surface area contributed by atoms with E-state index in [0.29, 0.717) is 25.3 Å². The van der Waals surface area contributed by atoms with Gasteiger partial charge in [0.05, 0.1) is 47.4 Å². The smallest absolute Gasteiger partial charge is 0.335 e.